The summed E-state index contributed by atoms with van der Waals surface area (Å²) in [5, 5.41) is 0. The highest BCUT2D eigenvalue weighted by Gasteiger charge is 2.26. The van der Waals surface area contributed by atoms with Gasteiger partial charge in [0.25, 0.3) is 0 Å². The molecule has 0 amide bonds. The first kappa shape index (κ1) is 26.5. The van der Waals surface area contributed by atoms with Crippen molar-refractivity contribution in [1.29, 1.82) is 0 Å². The molecule has 5 rings (SSSR count). The summed E-state index contributed by atoms with van der Waals surface area (Å²) < 4.78 is 21.2. The maximum atomic E-state index is 13.5. The minimum Gasteiger partial charge on any atom is -0.385 e. The molecule has 0 unspecified atom stereocenters. The highest BCUT2D eigenvalue weighted by molar-refractivity contribution is 5.76. The van der Waals surface area contributed by atoms with Crippen LogP contribution in [0.5, 0.6) is 0 Å². The van der Waals surface area contributed by atoms with E-state index in [4.69, 9.17) is 15.5 Å². The summed E-state index contributed by atoms with van der Waals surface area (Å²) >= 11 is 0. The minimum atomic E-state index is -0.461. The second-order valence-corrected chi connectivity index (χ2v) is 10.4. The Morgan fingerprint density at radius 2 is 1.92 bits per heavy atom. The van der Waals surface area contributed by atoms with E-state index in [-0.39, 0.29) is 6.04 Å². The lowest BCUT2D eigenvalue weighted by atomic mass is 9.96. The lowest BCUT2D eigenvalue weighted by molar-refractivity contribution is 0.186. The fraction of sp³-hybridized carbons (Fsp3) is 0.419. The largest absolute Gasteiger partial charge is 0.385 e. The average Bonchev–Trinajstić information content (AvgIpc) is 3.31. The van der Waals surface area contributed by atoms with E-state index in [9.17, 15) is 4.39 Å². The molecule has 1 fully saturated rings. The third-order valence-corrected chi connectivity index (χ3v) is 7.61. The van der Waals surface area contributed by atoms with Crippen LogP contribution in [0.1, 0.15) is 43.0 Å². The van der Waals surface area contributed by atoms with Crippen molar-refractivity contribution in [2.45, 2.75) is 50.6 Å². The number of nitrogens with zero attached hydrogens (tertiary/aromatic N) is 4. The van der Waals surface area contributed by atoms with Crippen LogP contribution < -0.4 is 5.73 Å². The quantitative estimate of drug-likeness (QED) is 0.214. The number of likely N-dealkylation sites (tertiary alicyclic amines) is 1. The van der Waals surface area contributed by atoms with Crippen molar-refractivity contribution < 1.29 is 9.13 Å². The zero-order valence-corrected chi connectivity index (χ0v) is 22.2. The van der Waals surface area contributed by atoms with Gasteiger partial charge in [-0.15, -0.1) is 0 Å². The van der Waals surface area contributed by atoms with Gasteiger partial charge in [-0.25, -0.2) is 9.97 Å². The van der Waals surface area contributed by atoms with Crippen LogP contribution in [0.4, 0.5) is 4.39 Å². The molecule has 1 saturated heterocycles. The molecule has 1 aliphatic rings. The van der Waals surface area contributed by atoms with Crippen LogP contribution in [0.2, 0.25) is 0 Å². The molecule has 7 heteroatoms. The third-order valence-electron chi connectivity index (χ3n) is 7.61. The van der Waals surface area contributed by atoms with Gasteiger partial charge in [0.15, 0.2) is 0 Å². The highest BCUT2D eigenvalue weighted by atomic mass is 19.1. The van der Waals surface area contributed by atoms with Crippen LogP contribution in [-0.2, 0) is 17.7 Å². The first-order valence-electron chi connectivity index (χ1n) is 13.7. The van der Waals surface area contributed by atoms with Gasteiger partial charge in [-0.1, -0.05) is 36.4 Å². The summed E-state index contributed by atoms with van der Waals surface area (Å²) in [5.41, 5.74) is 11.9. The second-order valence-electron chi connectivity index (χ2n) is 10.4. The number of hydrogen-bond acceptors (Lipinski definition) is 5. The number of para-hydroxylation sites is 2. The molecular formula is C31H38FN5O. The van der Waals surface area contributed by atoms with Gasteiger partial charge in [0, 0.05) is 51.0 Å². The molecule has 1 aliphatic heterocycles. The SMILES string of the molecule is COCCCn1c([C@@H]2CCCN(CC[C@H](N)Cc3ccc(-c4ccnc(F)c4)cc3)C2)nc2ccccc21. The van der Waals surface area contributed by atoms with E-state index in [0.717, 1.165) is 68.7 Å². The summed E-state index contributed by atoms with van der Waals surface area (Å²) in [6.07, 6.45) is 6.61. The smallest absolute Gasteiger partial charge is 0.213 e. The van der Waals surface area contributed by atoms with Gasteiger partial charge in [-0.2, -0.15) is 4.39 Å². The Kier molecular flexibility index (Phi) is 8.79. The number of methoxy groups -OCH3 is 1. The predicted octanol–water partition coefficient (Wildman–Crippen LogP) is 5.41. The highest BCUT2D eigenvalue weighted by Crippen LogP contribution is 2.30. The van der Waals surface area contributed by atoms with E-state index < -0.39 is 5.95 Å². The maximum Gasteiger partial charge on any atom is 0.213 e. The van der Waals surface area contributed by atoms with Crippen LogP contribution in [0.3, 0.4) is 0 Å². The summed E-state index contributed by atoms with van der Waals surface area (Å²) in [6.45, 7) is 4.82. The number of nitrogens with two attached hydrogens (primary N) is 1. The van der Waals surface area contributed by atoms with Crippen molar-refractivity contribution in [3.8, 4) is 11.1 Å². The van der Waals surface area contributed by atoms with Crippen LogP contribution >= 0.6 is 0 Å². The Morgan fingerprint density at radius 3 is 2.74 bits per heavy atom. The number of aryl methyl sites for hydroxylation is 1. The molecular weight excluding hydrogens is 477 g/mol. The van der Waals surface area contributed by atoms with Gasteiger partial charge < -0.3 is 19.9 Å². The topological polar surface area (TPSA) is 69.2 Å². The van der Waals surface area contributed by atoms with Gasteiger partial charge in [0.1, 0.15) is 5.82 Å². The standard InChI is InChI=1S/C31H38FN5O/c1-38-19-5-17-37-29-8-3-2-7-28(29)35-31(37)26-6-4-16-36(22-26)18-14-27(33)20-23-9-11-24(12-10-23)25-13-15-34-30(32)21-25/h2-3,7-13,15,21,26-27H,4-6,14,16-20,22,33H2,1H3/t26-,27+/m1/s1. The van der Waals surface area contributed by atoms with Gasteiger partial charge in [0.05, 0.1) is 11.0 Å². The number of piperidine rings is 1. The molecule has 4 aromatic rings. The van der Waals surface area contributed by atoms with E-state index in [2.05, 4.69) is 50.8 Å². The zero-order chi connectivity index (χ0) is 26.3. The summed E-state index contributed by atoms with van der Waals surface area (Å²) in [7, 11) is 1.76. The van der Waals surface area contributed by atoms with Crippen molar-refractivity contribution in [3.05, 3.63) is 84.2 Å². The average molecular weight is 516 g/mol. The Balaban J connectivity index is 1.17. The molecule has 200 valence electrons. The fourth-order valence-corrected chi connectivity index (χ4v) is 5.65. The van der Waals surface area contributed by atoms with Gasteiger partial charge in [0.2, 0.25) is 5.95 Å². The first-order chi connectivity index (χ1) is 18.6. The molecule has 3 heterocycles. The summed E-state index contributed by atoms with van der Waals surface area (Å²) in [5.74, 6) is 1.18. The van der Waals surface area contributed by atoms with Crippen LogP contribution in [0, 0.1) is 5.95 Å². The van der Waals surface area contributed by atoms with E-state index >= 15 is 0 Å². The van der Waals surface area contributed by atoms with Gasteiger partial charge in [-0.3, -0.25) is 0 Å². The van der Waals surface area contributed by atoms with Crippen molar-refractivity contribution in [2.24, 2.45) is 5.73 Å². The van der Waals surface area contributed by atoms with E-state index in [1.54, 1.807) is 7.11 Å². The number of rotatable bonds is 11. The number of imidazole rings is 1. The van der Waals surface area contributed by atoms with E-state index in [1.165, 1.54) is 42.0 Å². The second kappa shape index (κ2) is 12.6. The molecule has 6 nitrogen and oxygen atoms in total. The Hall–Kier alpha value is -3.13. The molecule has 38 heavy (non-hydrogen) atoms. The number of aromatic nitrogens is 3. The van der Waals surface area contributed by atoms with Crippen molar-refractivity contribution in [2.75, 3.05) is 33.4 Å². The van der Waals surface area contributed by atoms with E-state index in [0.29, 0.717) is 5.92 Å². The molecule has 2 aromatic carbocycles. The summed E-state index contributed by atoms with van der Waals surface area (Å²) in [6, 6.07) is 20.1. The number of pyridine rings is 1. The Labute approximate surface area is 224 Å². The lowest BCUT2D eigenvalue weighted by Gasteiger charge is -2.33. The van der Waals surface area contributed by atoms with E-state index in [1.807, 2.05) is 18.2 Å². The van der Waals surface area contributed by atoms with Crippen molar-refractivity contribution >= 4 is 11.0 Å². The van der Waals surface area contributed by atoms with Crippen LogP contribution in [0.25, 0.3) is 22.2 Å². The molecule has 2 atom stereocenters. The zero-order valence-electron chi connectivity index (χ0n) is 22.2. The molecule has 0 bridgehead atoms. The van der Waals surface area contributed by atoms with Gasteiger partial charge >= 0.3 is 0 Å². The predicted molar refractivity (Wildman–Crippen MR) is 151 cm³/mol. The normalized spacial score (nSPS) is 17.2. The summed E-state index contributed by atoms with van der Waals surface area (Å²) in [4.78, 5) is 11.3. The Bertz CT molecular complexity index is 1320. The lowest BCUT2D eigenvalue weighted by Crippen LogP contribution is -2.38. The van der Waals surface area contributed by atoms with Crippen molar-refractivity contribution in [1.82, 2.24) is 19.4 Å². The molecule has 2 aromatic heterocycles. The minimum absolute atomic E-state index is 0.0956. The molecule has 2 N–H and O–H groups in total. The third kappa shape index (κ3) is 6.46. The fourth-order valence-electron chi connectivity index (χ4n) is 5.65. The Morgan fingerprint density at radius 1 is 1.08 bits per heavy atom. The van der Waals surface area contributed by atoms with Crippen LogP contribution in [0.15, 0.2) is 66.9 Å². The van der Waals surface area contributed by atoms with Crippen LogP contribution in [-0.4, -0.2) is 58.8 Å². The maximum absolute atomic E-state index is 13.5. The number of ether oxygens (including phenoxy) is 1. The molecule has 0 saturated carbocycles. The molecule has 0 aliphatic carbocycles. The number of fused-ring (bicyclic) bond motifs is 1. The number of benzene rings is 2. The number of hydrogen-bond donors (Lipinski definition) is 1. The molecule has 0 spiro atoms. The monoisotopic (exact) mass is 515 g/mol. The first-order valence-corrected chi connectivity index (χ1v) is 13.7. The van der Waals surface area contributed by atoms with Gasteiger partial charge in [-0.05, 0) is 80.1 Å². The van der Waals surface area contributed by atoms with Crippen molar-refractivity contribution in [3.63, 3.8) is 0 Å². The number of halogens is 1. The molecule has 0 radical (unpaired) electrons.